The summed E-state index contributed by atoms with van der Waals surface area (Å²) in [4.78, 5) is 5.83. The van der Waals surface area contributed by atoms with Gasteiger partial charge in [0.15, 0.2) is 5.13 Å². The monoisotopic (exact) mass is 263 g/mol. The molecule has 1 rings (SSSR count). The molecule has 0 aromatic carbocycles. The van der Waals surface area contributed by atoms with Gasteiger partial charge in [0, 0.05) is 31.4 Å². The molecule has 1 aromatic heterocycles. The first-order chi connectivity index (χ1) is 7.99. The molecule has 98 valence electrons. The van der Waals surface area contributed by atoms with Crippen molar-refractivity contribution in [2.45, 2.75) is 32.7 Å². The molecule has 0 atom stereocenters. The maximum absolute atomic E-state index is 12.2. The van der Waals surface area contributed by atoms with Gasteiger partial charge in [-0.2, -0.15) is 0 Å². The van der Waals surface area contributed by atoms with Crippen LogP contribution in [0.25, 0.3) is 0 Å². The number of nitrogens with zero attached hydrogens (tertiary/aromatic N) is 2. The van der Waals surface area contributed by atoms with Gasteiger partial charge < -0.3 is 10.2 Å². The first-order valence-corrected chi connectivity index (χ1v) is 6.54. The van der Waals surface area contributed by atoms with Crippen molar-refractivity contribution in [3.8, 4) is 0 Å². The van der Waals surface area contributed by atoms with Crippen LogP contribution < -0.4 is 10.2 Å². The van der Waals surface area contributed by atoms with Crippen LogP contribution in [0.4, 0.5) is 13.9 Å². The predicted octanol–water partition coefficient (Wildman–Crippen LogP) is 2.38. The van der Waals surface area contributed by atoms with Crippen LogP contribution in [-0.4, -0.2) is 37.6 Å². The average Bonchev–Trinajstić information content (AvgIpc) is 2.64. The Morgan fingerprint density at radius 2 is 2.18 bits per heavy atom. The van der Waals surface area contributed by atoms with Crippen molar-refractivity contribution in [2.24, 2.45) is 0 Å². The zero-order valence-corrected chi connectivity index (χ0v) is 11.2. The van der Waals surface area contributed by atoms with E-state index >= 15 is 0 Å². The van der Waals surface area contributed by atoms with Crippen molar-refractivity contribution in [1.29, 1.82) is 0 Å². The standard InChI is InChI=1S/C11H19F2N3S/c1-8(2)14-5-4-9-7-17-11(15-9)16(3)6-10(12)13/h7-8,10,14H,4-6H2,1-3H3. The van der Waals surface area contributed by atoms with E-state index in [1.165, 1.54) is 16.2 Å². The second-order valence-electron chi connectivity index (χ2n) is 4.25. The molecule has 0 spiro atoms. The Kier molecular flexibility index (Phi) is 5.77. The van der Waals surface area contributed by atoms with Gasteiger partial charge in [-0.1, -0.05) is 13.8 Å². The molecule has 3 nitrogen and oxygen atoms in total. The Morgan fingerprint density at radius 1 is 1.47 bits per heavy atom. The quantitative estimate of drug-likeness (QED) is 0.818. The largest absolute Gasteiger partial charge is 0.345 e. The molecule has 0 bridgehead atoms. The second kappa shape index (κ2) is 6.86. The predicted molar refractivity (Wildman–Crippen MR) is 68.2 cm³/mol. The molecule has 1 N–H and O–H groups in total. The van der Waals surface area contributed by atoms with E-state index in [0.717, 1.165) is 18.7 Å². The van der Waals surface area contributed by atoms with Crippen molar-refractivity contribution in [2.75, 3.05) is 25.0 Å². The fourth-order valence-corrected chi connectivity index (χ4v) is 2.20. The van der Waals surface area contributed by atoms with Gasteiger partial charge in [0.25, 0.3) is 6.43 Å². The van der Waals surface area contributed by atoms with Crippen molar-refractivity contribution in [3.63, 3.8) is 0 Å². The van der Waals surface area contributed by atoms with Gasteiger partial charge in [0.2, 0.25) is 0 Å². The number of aromatic nitrogens is 1. The minimum Gasteiger partial charge on any atom is -0.345 e. The van der Waals surface area contributed by atoms with Crippen LogP contribution in [0.15, 0.2) is 5.38 Å². The third-order valence-electron chi connectivity index (χ3n) is 2.21. The van der Waals surface area contributed by atoms with Crippen LogP contribution in [0, 0.1) is 0 Å². The summed E-state index contributed by atoms with van der Waals surface area (Å²) < 4.78 is 24.4. The van der Waals surface area contributed by atoms with E-state index in [1.807, 2.05) is 5.38 Å². The maximum atomic E-state index is 12.2. The molecule has 0 fully saturated rings. The van der Waals surface area contributed by atoms with Gasteiger partial charge >= 0.3 is 0 Å². The highest BCUT2D eigenvalue weighted by Crippen LogP contribution is 2.20. The Balaban J connectivity index is 2.42. The van der Waals surface area contributed by atoms with Crippen molar-refractivity contribution in [1.82, 2.24) is 10.3 Å². The molecule has 0 aliphatic heterocycles. The summed E-state index contributed by atoms with van der Waals surface area (Å²) in [6.45, 7) is 4.77. The highest BCUT2D eigenvalue weighted by molar-refractivity contribution is 7.13. The Morgan fingerprint density at radius 3 is 2.76 bits per heavy atom. The lowest BCUT2D eigenvalue weighted by Gasteiger charge is -2.14. The Labute approximate surface area is 105 Å². The highest BCUT2D eigenvalue weighted by Gasteiger charge is 2.11. The number of rotatable bonds is 7. The molecule has 0 radical (unpaired) electrons. The number of halogens is 2. The van der Waals surface area contributed by atoms with Gasteiger partial charge in [0.1, 0.15) is 0 Å². The minimum atomic E-state index is -2.32. The van der Waals surface area contributed by atoms with Crippen LogP contribution in [0.2, 0.25) is 0 Å². The number of anilines is 1. The maximum Gasteiger partial charge on any atom is 0.255 e. The average molecular weight is 263 g/mol. The molecule has 1 aromatic rings. The molecule has 17 heavy (non-hydrogen) atoms. The third kappa shape index (κ3) is 5.41. The summed E-state index contributed by atoms with van der Waals surface area (Å²) in [5, 5.41) is 5.88. The van der Waals surface area contributed by atoms with E-state index < -0.39 is 6.43 Å². The van der Waals surface area contributed by atoms with Gasteiger partial charge in [-0.15, -0.1) is 11.3 Å². The van der Waals surface area contributed by atoms with Crippen LogP contribution in [0.5, 0.6) is 0 Å². The number of nitrogens with one attached hydrogen (secondary N) is 1. The highest BCUT2D eigenvalue weighted by atomic mass is 32.1. The van der Waals surface area contributed by atoms with E-state index in [9.17, 15) is 8.78 Å². The molecular formula is C11H19F2N3S. The van der Waals surface area contributed by atoms with Crippen LogP contribution >= 0.6 is 11.3 Å². The van der Waals surface area contributed by atoms with Gasteiger partial charge in [-0.05, 0) is 0 Å². The van der Waals surface area contributed by atoms with Crippen LogP contribution in [-0.2, 0) is 6.42 Å². The second-order valence-corrected chi connectivity index (χ2v) is 5.09. The van der Waals surface area contributed by atoms with Crippen LogP contribution in [0.3, 0.4) is 0 Å². The summed E-state index contributed by atoms with van der Waals surface area (Å²) in [5.41, 5.74) is 0.958. The fraction of sp³-hybridized carbons (Fsp3) is 0.727. The van der Waals surface area contributed by atoms with Crippen molar-refractivity contribution < 1.29 is 8.78 Å². The third-order valence-corrected chi connectivity index (χ3v) is 3.22. The SMILES string of the molecule is CC(C)NCCc1csc(N(C)CC(F)F)n1. The van der Waals surface area contributed by atoms with Gasteiger partial charge in [0.05, 0.1) is 12.2 Å². The first kappa shape index (κ1) is 14.3. The zero-order valence-electron chi connectivity index (χ0n) is 10.4. The van der Waals surface area contributed by atoms with E-state index in [1.54, 1.807) is 7.05 Å². The minimum absolute atomic E-state index is 0.267. The topological polar surface area (TPSA) is 28.2 Å². The smallest absolute Gasteiger partial charge is 0.255 e. The summed E-state index contributed by atoms with van der Waals surface area (Å²) in [5.74, 6) is 0. The molecule has 0 saturated carbocycles. The molecule has 0 unspecified atom stereocenters. The van der Waals surface area contributed by atoms with Crippen LogP contribution in [0.1, 0.15) is 19.5 Å². The summed E-state index contributed by atoms with van der Waals surface area (Å²) >= 11 is 1.41. The van der Waals surface area contributed by atoms with E-state index in [0.29, 0.717) is 11.2 Å². The van der Waals surface area contributed by atoms with Gasteiger partial charge in [-0.25, -0.2) is 13.8 Å². The number of thiazole rings is 1. The molecule has 1 heterocycles. The molecule has 0 saturated heterocycles. The lowest BCUT2D eigenvalue weighted by atomic mass is 10.3. The molecule has 0 amide bonds. The summed E-state index contributed by atoms with van der Waals surface area (Å²) in [6, 6.07) is 0.453. The van der Waals surface area contributed by atoms with E-state index in [2.05, 4.69) is 24.1 Å². The number of hydrogen-bond acceptors (Lipinski definition) is 4. The van der Waals surface area contributed by atoms with Crippen molar-refractivity contribution in [3.05, 3.63) is 11.1 Å². The Bertz CT molecular complexity index is 328. The number of alkyl halides is 2. The Hall–Kier alpha value is -0.750. The first-order valence-electron chi connectivity index (χ1n) is 5.66. The normalized spacial score (nSPS) is 11.5. The number of hydrogen-bond donors (Lipinski definition) is 1. The lowest BCUT2D eigenvalue weighted by molar-refractivity contribution is 0.156. The summed E-state index contributed by atoms with van der Waals surface area (Å²) in [7, 11) is 1.64. The molecule has 6 heteroatoms. The van der Waals surface area contributed by atoms with E-state index in [4.69, 9.17) is 0 Å². The lowest BCUT2D eigenvalue weighted by Crippen LogP contribution is -2.25. The van der Waals surface area contributed by atoms with Gasteiger partial charge in [-0.3, -0.25) is 0 Å². The van der Waals surface area contributed by atoms with E-state index in [-0.39, 0.29) is 6.54 Å². The fourth-order valence-electron chi connectivity index (χ4n) is 1.36. The molecule has 0 aliphatic carbocycles. The molecular weight excluding hydrogens is 244 g/mol. The summed E-state index contributed by atoms with van der Waals surface area (Å²) in [6.07, 6.45) is -1.49. The van der Waals surface area contributed by atoms with Crippen molar-refractivity contribution >= 4 is 16.5 Å². The zero-order chi connectivity index (χ0) is 12.8. The molecule has 0 aliphatic rings.